The van der Waals surface area contributed by atoms with Crippen LogP contribution in [0, 0.1) is 5.92 Å². The van der Waals surface area contributed by atoms with E-state index >= 15 is 0 Å². The second-order valence-electron chi connectivity index (χ2n) is 7.06. The Labute approximate surface area is 164 Å². The number of benzene rings is 2. The van der Waals surface area contributed by atoms with Crippen LogP contribution >= 0.6 is 0 Å². The van der Waals surface area contributed by atoms with Gasteiger partial charge in [-0.3, -0.25) is 14.4 Å². The molecular weight excluding hydrogens is 356 g/mol. The van der Waals surface area contributed by atoms with E-state index < -0.39 is 5.97 Å². The van der Waals surface area contributed by atoms with Gasteiger partial charge in [0, 0.05) is 25.1 Å². The third kappa shape index (κ3) is 4.97. The first kappa shape index (κ1) is 19.6. The van der Waals surface area contributed by atoms with Crippen molar-refractivity contribution < 1.29 is 19.5 Å². The fraction of sp³-hybridized carbons (Fsp3) is 0.318. The lowest BCUT2D eigenvalue weighted by Gasteiger charge is -2.33. The number of nitrogens with zero attached hydrogens (tertiary/aromatic N) is 1. The first-order chi connectivity index (χ1) is 13.5. The molecule has 0 radical (unpaired) electrons. The van der Waals surface area contributed by atoms with Crippen LogP contribution in [0.25, 0.3) is 0 Å². The molecule has 1 fully saturated rings. The van der Waals surface area contributed by atoms with Crippen molar-refractivity contribution in [1.29, 1.82) is 0 Å². The second-order valence-corrected chi connectivity index (χ2v) is 7.06. The van der Waals surface area contributed by atoms with Crippen molar-refractivity contribution in [1.82, 2.24) is 4.90 Å². The van der Waals surface area contributed by atoms with Crippen molar-refractivity contribution in [2.75, 3.05) is 18.4 Å². The molecule has 28 heavy (non-hydrogen) atoms. The SMILES string of the molecule is O=C(O)CCC1CCCN(C(=O)c2ccccc2NC(=O)c2ccccc2)C1. The number of piperidine rings is 1. The Morgan fingerprint density at radius 3 is 2.50 bits per heavy atom. The van der Waals surface area contributed by atoms with Gasteiger partial charge in [-0.2, -0.15) is 0 Å². The van der Waals surface area contributed by atoms with Gasteiger partial charge in [-0.1, -0.05) is 30.3 Å². The Morgan fingerprint density at radius 2 is 1.75 bits per heavy atom. The monoisotopic (exact) mass is 380 g/mol. The molecule has 1 heterocycles. The number of carboxylic acid groups (broad SMARTS) is 1. The van der Waals surface area contributed by atoms with Gasteiger partial charge < -0.3 is 15.3 Å². The number of nitrogens with one attached hydrogen (secondary N) is 1. The van der Waals surface area contributed by atoms with Crippen molar-refractivity contribution in [2.45, 2.75) is 25.7 Å². The van der Waals surface area contributed by atoms with Gasteiger partial charge >= 0.3 is 5.97 Å². The molecule has 3 rings (SSSR count). The van der Waals surface area contributed by atoms with Crippen LogP contribution in [0.3, 0.4) is 0 Å². The average Bonchev–Trinajstić information content (AvgIpc) is 2.73. The first-order valence-corrected chi connectivity index (χ1v) is 9.51. The molecule has 1 saturated heterocycles. The van der Waals surface area contributed by atoms with Gasteiger partial charge in [0.25, 0.3) is 11.8 Å². The molecule has 1 unspecified atom stereocenters. The van der Waals surface area contributed by atoms with Crippen LogP contribution in [-0.4, -0.2) is 40.9 Å². The van der Waals surface area contributed by atoms with E-state index in [-0.39, 0.29) is 24.2 Å². The van der Waals surface area contributed by atoms with Crippen LogP contribution in [0.1, 0.15) is 46.4 Å². The predicted octanol–water partition coefficient (Wildman–Crippen LogP) is 3.66. The third-order valence-corrected chi connectivity index (χ3v) is 5.01. The number of hydrogen-bond donors (Lipinski definition) is 2. The van der Waals surface area contributed by atoms with E-state index in [4.69, 9.17) is 5.11 Å². The molecule has 1 aliphatic heterocycles. The van der Waals surface area contributed by atoms with Crippen molar-refractivity contribution in [3.05, 3.63) is 65.7 Å². The highest BCUT2D eigenvalue weighted by molar-refractivity contribution is 6.09. The highest BCUT2D eigenvalue weighted by atomic mass is 16.4. The fourth-order valence-electron chi connectivity index (χ4n) is 3.55. The van der Waals surface area contributed by atoms with Crippen LogP contribution in [-0.2, 0) is 4.79 Å². The maximum absolute atomic E-state index is 13.1. The van der Waals surface area contributed by atoms with E-state index in [0.29, 0.717) is 36.3 Å². The van der Waals surface area contributed by atoms with Crippen molar-refractivity contribution in [3.63, 3.8) is 0 Å². The summed E-state index contributed by atoms with van der Waals surface area (Å²) in [6.07, 6.45) is 2.49. The van der Waals surface area contributed by atoms with E-state index in [2.05, 4.69) is 5.32 Å². The van der Waals surface area contributed by atoms with Crippen LogP contribution in [0.5, 0.6) is 0 Å². The molecular formula is C22H24N2O4. The number of carbonyl (C=O) groups is 3. The summed E-state index contributed by atoms with van der Waals surface area (Å²) in [5, 5.41) is 11.7. The molecule has 1 atom stereocenters. The molecule has 0 spiro atoms. The molecule has 146 valence electrons. The van der Waals surface area contributed by atoms with Crippen molar-refractivity contribution >= 4 is 23.5 Å². The quantitative estimate of drug-likeness (QED) is 0.801. The zero-order chi connectivity index (χ0) is 19.9. The Hall–Kier alpha value is -3.15. The summed E-state index contributed by atoms with van der Waals surface area (Å²) in [5.41, 5.74) is 1.45. The number of amides is 2. The lowest BCUT2D eigenvalue weighted by atomic mass is 9.93. The van der Waals surface area contributed by atoms with Crippen molar-refractivity contribution in [3.8, 4) is 0 Å². The van der Waals surface area contributed by atoms with Crippen LogP contribution in [0.4, 0.5) is 5.69 Å². The summed E-state index contributed by atoms with van der Waals surface area (Å²) in [4.78, 5) is 38.1. The largest absolute Gasteiger partial charge is 0.481 e. The van der Waals surface area contributed by atoms with Gasteiger partial charge in [0.05, 0.1) is 11.3 Å². The van der Waals surface area contributed by atoms with E-state index in [1.807, 2.05) is 6.07 Å². The molecule has 6 nitrogen and oxygen atoms in total. The summed E-state index contributed by atoms with van der Waals surface area (Å²) in [6, 6.07) is 15.8. The maximum atomic E-state index is 13.1. The Kier molecular flexibility index (Phi) is 6.42. The average molecular weight is 380 g/mol. The summed E-state index contributed by atoms with van der Waals surface area (Å²) >= 11 is 0. The van der Waals surface area contributed by atoms with E-state index in [9.17, 15) is 14.4 Å². The van der Waals surface area contributed by atoms with E-state index in [0.717, 1.165) is 12.8 Å². The zero-order valence-corrected chi connectivity index (χ0v) is 15.6. The Bertz CT molecular complexity index is 851. The Morgan fingerprint density at radius 1 is 1.04 bits per heavy atom. The van der Waals surface area contributed by atoms with Crippen LogP contribution in [0.15, 0.2) is 54.6 Å². The van der Waals surface area contributed by atoms with Gasteiger partial charge in [0.1, 0.15) is 0 Å². The number of rotatable bonds is 6. The highest BCUT2D eigenvalue weighted by Gasteiger charge is 2.26. The first-order valence-electron chi connectivity index (χ1n) is 9.51. The van der Waals surface area contributed by atoms with Gasteiger partial charge in [-0.05, 0) is 49.4 Å². The molecule has 0 bridgehead atoms. The molecule has 2 aromatic rings. The molecule has 2 N–H and O–H groups in total. The number of carboxylic acids is 1. The second kappa shape index (κ2) is 9.17. The number of aliphatic carboxylic acids is 1. The third-order valence-electron chi connectivity index (χ3n) is 5.01. The summed E-state index contributed by atoms with van der Waals surface area (Å²) in [5.74, 6) is -1.01. The number of anilines is 1. The molecule has 1 aliphatic rings. The minimum Gasteiger partial charge on any atom is -0.481 e. The van der Waals surface area contributed by atoms with Gasteiger partial charge in [-0.15, -0.1) is 0 Å². The number of carbonyl (C=O) groups excluding carboxylic acids is 2. The van der Waals surface area contributed by atoms with Gasteiger partial charge in [0.2, 0.25) is 0 Å². The minimum absolute atomic E-state index is 0.121. The van der Waals surface area contributed by atoms with Crippen LogP contribution in [0.2, 0.25) is 0 Å². The summed E-state index contributed by atoms with van der Waals surface area (Å²) < 4.78 is 0. The zero-order valence-electron chi connectivity index (χ0n) is 15.6. The number of likely N-dealkylation sites (tertiary alicyclic amines) is 1. The molecule has 0 aliphatic carbocycles. The fourth-order valence-corrected chi connectivity index (χ4v) is 3.55. The summed E-state index contributed by atoms with van der Waals surface area (Å²) in [6.45, 7) is 1.19. The van der Waals surface area contributed by atoms with Crippen LogP contribution < -0.4 is 5.32 Å². The van der Waals surface area contributed by atoms with Gasteiger partial charge in [0.15, 0.2) is 0 Å². The number of para-hydroxylation sites is 1. The van der Waals surface area contributed by atoms with E-state index in [1.165, 1.54) is 0 Å². The highest BCUT2D eigenvalue weighted by Crippen LogP contribution is 2.25. The maximum Gasteiger partial charge on any atom is 0.303 e. The lowest BCUT2D eigenvalue weighted by molar-refractivity contribution is -0.137. The summed E-state index contributed by atoms with van der Waals surface area (Å²) in [7, 11) is 0. The van der Waals surface area contributed by atoms with E-state index in [1.54, 1.807) is 53.4 Å². The van der Waals surface area contributed by atoms with Gasteiger partial charge in [-0.25, -0.2) is 0 Å². The minimum atomic E-state index is -0.808. The topological polar surface area (TPSA) is 86.7 Å². The molecule has 0 aromatic heterocycles. The standard InChI is InChI=1S/C22H24N2O4/c25-20(26)13-12-16-7-6-14-24(15-16)22(28)18-10-4-5-11-19(18)23-21(27)17-8-2-1-3-9-17/h1-5,8-11,16H,6-7,12-15H2,(H,23,27)(H,25,26). The normalized spacial score (nSPS) is 16.4. The molecule has 2 aromatic carbocycles. The predicted molar refractivity (Wildman–Crippen MR) is 106 cm³/mol. The Balaban J connectivity index is 1.72. The smallest absolute Gasteiger partial charge is 0.303 e. The lowest BCUT2D eigenvalue weighted by Crippen LogP contribution is -2.40. The molecule has 6 heteroatoms. The number of hydrogen-bond acceptors (Lipinski definition) is 3. The molecule has 0 saturated carbocycles. The molecule has 2 amide bonds. The van der Waals surface area contributed by atoms with Crippen molar-refractivity contribution in [2.24, 2.45) is 5.92 Å².